The number of carbonyl (C=O) groups is 1. The lowest BCUT2D eigenvalue weighted by atomic mass is 9.83. The van der Waals surface area contributed by atoms with Gasteiger partial charge >= 0.3 is 5.97 Å². The van der Waals surface area contributed by atoms with Crippen LogP contribution in [-0.4, -0.2) is 18.5 Å². The van der Waals surface area contributed by atoms with Crippen molar-refractivity contribution in [1.29, 1.82) is 5.26 Å². The second kappa shape index (κ2) is 7.16. The zero-order valence-electron chi connectivity index (χ0n) is 12.3. The summed E-state index contributed by atoms with van der Waals surface area (Å²) in [6, 6.07) is 7.48. The number of nitriles is 1. The predicted octanol–water partition coefficient (Wildman–Crippen LogP) is 2.69. The van der Waals surface area contributed by atoms with Crippen LogP contribution in [0.15, 0.2) is 47.1 Å². The second-order valence-electron chi connectivity index (χ2n) is 4.67. The lowest BCUT2D eigenvalue weighted by molar-refractivity contribution is -0.139. The van der Waals surface area contributed by atoms with E-state index in [2.05, 4.69) is 0 Å². The number of hydrogen-bond acceptors (Lipinski definition) is 5. The Labute approximate surface area is 137 Å². The van der Waals surface area contributed by atoms with Crippen LogP contribution in [0.25, 0.3) is 0 Å². The van der Waals surface area contributed by atoms with Gasteiger partial charge in [-0.1, -0.05) is 12.1 Å². The van der Waals surface area contributed by atoms with Gasteiger partial charge in [-0.05, 0) is 24.6 Å². The normalized spacial score (nSPS) is 17.6. The van der Waals surface area contributed by atoms with Gasteiger partial charge in [0.1, 0.15) is 23.2 Å². The minimum absolute atomic E-state index is 0.00696. The fourth-order valence-electron chi connectivity index (χ4n) is 2.37. The molecule has 0 aliphatic carbocycles. The van der Waals surface area contributed by atoms with Gasteiger partial charge in [0.25, 0.3) is 0 Å². The number of ether oxygens (including phenoxy) is 2. The van der Waals surface area contributed by atoms with Gasteiger partial charge in [-0.2, -0.15) is 5.26 Å². The van der Waals surface area contributed by atoms with E-state index >= 15 is 0 Å². The zero-order chi connectivity index (χ0) is 17.0. The predicted molar refractivity (Wildman–Crippen MR) is 81.4 cm³/mol. The first kappa shape index (κ1) is 16.8. The van der Waals surface area contributed by atoms with Gasteiger partial charge < -0.3 is 15.2 Å². The van der Waals surface area contributed by atoms with Gasteiger partial charge in [0, 0.05) is 0 Å². The highest BCUT2D eigenvalue weighted by Gasteiger charge is 2.37. The summed E-state index contributed by atoms with van der Waals surface area (Å²) in [4.78, 5) is 12.3. The van der Waals surface area contributed by atoms with Gasteiger partial charge in [-0.3, -0.25) is 0 Å². The number of rotatable bonds is 4. The molecule has 120 valence electrons. The van der Waals surface area contributed by atoms with E-state index < -0.39 is 17.7 Å². The molecule has 5 nitrogen and oxygen atoms in total. The Kier molecular flexibility index (Phi) is 5.24. The molecule has 0 bridgehead atoms. The molecule has 0 unspecified atom stereocenters. The molecule has 0 amide bonds. The molecule has 1 atom stereocenters. The summed E-state index contributed by atoms with van der Waals surface area (Å²) in [5.41, 5.74) is 6.20. The standard InChI is InChI=1S/C16H14ClFN2O3/c1-2-22-16(21)14-12(7-17)23-15(20)11(8-19)13(14)9-4-3-5-10(18)6-9/h3-6,13H,2,7,20H2,1H3/t13-/m0/s1. The Morgan fingerprint density at radius 2 is 2.30 bits per heavy atom. The van der Waals surface area contributed by atoms with E-state index in [0.29, 0.717) is 5.56 Å². The van der Waals surface area contributed by atoms with Crippen LogP contribution in [0.4, 0.5) is 4.39 Å². The molecule has 7 heteroatoms. The van der Waals surface area contributed by atoms with Gasteiger partial charge in [0.05, 0.1) is 24.0 Å². The molecular formula is C16H14ClFN2O3. The Balaban J connectivity index is 2.66. The number of alkyl halides is 1. The fraction of sp³-hybridized carbons (Fsp3) is 0.250. The monoisotopic (exact) mass is 336 g/mol. The number of nitrogens with two attached hydrogens (primary N) is 1. The third-order valence-corrected chi connectivity index (χ3v) is 3.54. The average molecular weight is 337 g/mol. The summed E-state index contributed by atoms with van der Waals surface area (Å²) >= 11 is 5.83. The molecule has 1 aromatic rings. The number of benzene rings is 1. The largest absolute Gasteiger partial charge is 0.463 e. The van der Waals surface area contributed by atoms with E-state index in [1.54, 1.807) is 13.0 Å². The first-order valence-corrected chi connectivity index (χ1v) is 7.36. The molecule has 0 fully saturated rings. The topological polar surface area (TPSA) is 85.3 Å². The van der Waals surface area contributed by atoms with E-state index in [4.69, 9.17) is 26.8 Å². The number of carbonyl (C=O) groups excluding carboxylic acids is 1. The van der Waals surface area contributed by atoms with Crippen molar-refractivity contribution in [2.24, 2.45) is 5.73 Å². The smallest absolute Gasteiger partial charge is 0.338 e. The Morgan fingerprint density at radius 1 is 1.57 bits per heavy atom. The first-order chi connectivity index (χ1) is 11.0. The van der Waals surface area contributed by atoms with Crippen LogP contribution in [0.1, 0.15) is 18.4 Å². The Hall–Kier alpha value is -2.52. The molecule has 2 rings (SSSR count). The molecule has 0 radical (unpaired) electrons. The van der Waals surface area contributed by atoms with Crippen LogP contribution in [-0.2, 0) is 14.3 Å². The molecule has 0 aromatic heterocycles. The molecule has 2 N–H and O–H groups in total. The Bertz CT molecular complexity index is 737. The van der Waals surface area contributed by atoms with Crippen LogP contribution in [0.5, 0.6) is 0 Å². The molecule has 0 saturated carbocycles. The molecule has 1 aliphatic heterocycles. The summed E-state index contributed by atoms with van der Waals surface area (Å²) in [7, 11) is 0. The third kappa shape index (κ3) is 3.30. The van der Waals surface area contributed by atoms with Crippen molar-refractivity contribution in [1.82, 2.24) is 0 Å². The van der Waals surface area contributed by atoms with Crippen molar-refractivity contribution in [2.75, 3.05) is 12.5 Å². The van der Waals surface area contributed by atoms with Crippen LogP contribution in [0.2, 0.25) is 0 Å². The maximum atomic E-state index is 13.6. The van der Waals surface area contributed by atoms with E-state index in [1.807, 2.05) is 6.07 Å². The SMILES string of the molecule is CCOC(=O)C1=C(CCl)OC(N)=C(C#N)[C@@H]1c1cccc(F)c1. The van der Waals surface area contributed by atoms with E-state index in [1.165, 1.54) is 18.2 Å². The molecule has 1 aromatic carbocycles. The van der Waals surface area contributed by atoms with Gasteiger partial charge in [0.2, 0.25) is 5.88 Å². The average Bonchev–Trinajstić information content (AvgIpc) is 2.53. The second-order valence-corrected chi connectivity index (χ2v) is 4.94. The summed E-state index contributed by atoms with van der Waals surface area (Å²) in [6.45, 7) is 1.78. The highest BCUT2D eigenvalue weighted by Crippen LogP contribution is 2.40. The van der Waals surface area contributed by atoms with Crippen molar-refractivity contribution >= 4 is 17.6 Å². The molecule has 1 heterocycles. The zero-order valence-corrected chi connectivity index (χ0v) is 13.1. The maximum absolute atomic E-state index is 13.6. The quantitative estimate of drug-likeness (QED) is 0.675. The van der Waals surface area contributed by atoms with Crippen molar-refractivity contribution in [3.8, 4) is 6.07 Å². The highest BCUT2D eigenvalue weighted by molar-refractivity contribution is 6.19. The van der Waals surface area contributed by atoms with E-state index in [-0.39, 0.29) is 35.3 Å². The lowest BCUT2D eigenvalue weighted by Crippen LogP contribution is -2.26. The molecular weight excluding hydrogens is 323 g/mol. The van der Waals surface area contributed by atoms with Crippen molar-refractivity contribution < 1.29 is 18.7 Å². The maximum Gasteiger partial charge on any atom is 0.338 e. The van der Waals surface area contributed by atoms with Crippen LogP contribution >= 0.6 is 11.6 Å². The van der Waals surface area contributed by atoms with Gasteiger partial charge in [-0.25, -0.2) is 9.18 Å². The minimum atomic E-state index is -0.891. The lowest BCUT2D eigenvalue weighted by Gasteiger charge is -2.27. The van der Waals surface area contributed by atoms with Crippen LogP contribution < -0.4 is 5.73 Å². The summed E-state index contributed by atoms with van der Waals surface area (Å²) in [5, 5.41) is 9.38. The van der Waals surface area contributed by atoms with E-state index in [9.17, 15) is 14.4 Å². The van der Waals surface area contributed by atoms with Crippen LogP contribution in [0.3, 0.4) is 0 Å². The first-order valence-electron chi connectivity index (χ1n) is 6.82. The van der Waals surface area contributed by atoms with Crippen LogP contribution in [0, 0.1) is 17.1 Å². The summed E-state index contributed by atoms with van der Waals surface area (Å²) < 4.78 is 23.9. The third-order valence-electron chi connectivity index (χ3n) is 3.30. The van der Waals surface area contributed by atoms with Crippen molar-refractivity contribution in [2.45, 2.75) is 12.8 Å². The highest BCUT2D eigenvalue weighted by atomic mass is 35.5. The Morgan fingerprint density at radius 3 is 2.87 bits per heavy atom. The van der Waals surface area contributed by atoms with E-state index in [0.717, 1.165) is 0 Å². The number of hydrogen-bond donors (Lipinski definition) is 1. The fourth-order valence-corrected chi connectivity index (χ4v) is 2.57. The number of allylic oxidation sites excluding steroid dienone is 2. The summed E-state index contributed by atoms with van der Waals surface area (Å²) in [5.74, 6) is -2.28. The molecule has 23 heavy (non-hydrogen) atoms. The van der Waals surface area contributed by atoms with Gasteiger partial charge in [0.15, 0.2) is 0 Å². The molecule has 0 spiro atoms. The van der Waals surface area contributed by atoms with Crippen molar-refractivity contribution in [3.05, 3.63) is 58.4 Å². The van der Waals surface area contributed by atoms with Gasteiger partial charge in [-0.15, -0.1) is 11.6 Å². The summed E-state index contributed by atoms with van der Waals surface area (Å²) in [6.07, 6.45) is 0. The van der Waals surface area contributed by atoms with Crippen molar-refractivity contribution in [3.63, 3.8) is 0 Å². The number of nitrogens with zero attached hydrogens (tertiary/aromatic N) is 1. The molecule has 1 aliphatic rings. The number of esters is 1. The minimum Gasteiger partial charge on any atom is -0.463 e. The number of halogens is 2. The molecule has 0 saturated heterocycles.